The van der Waals surface area contributed by atoms with Crippen molar-refractivity contribution < 1.29 is 9.84 Å². The molecular formula is C20H24N2O2. The number of rotatable bonds is 0. The van der Waals surface area contributed by atoms with Crippen molar-refractivity contribution in [1.82, 2.24) is 9.47 Å². The molecule has 2 bridgehead atoms. The molecule has 4 heteroatoms. The summed E-state index contributed by atoms with van der Waals surface area (Å²) in [6, 6.07) is 9.08. The van der Waals surface area contributed by atoms with E-state index in [1.807, 2.05) is 13.0 Å². The van der Waals surface area contributed by atoms with Gasteiger partial charge in [0.15, 0.2) is 6.29 Å². The van der Waals surface area contributed by atoms with Gasteiger partial charge in [-0.15, -0.1) is 0 Å². The lowest BCUT2D eigenvalue weighted by Crippen LogP contribution is -2.34. The van der Waals surface area contributed by atoms with E-state index in [1.54, 1.807) is 0 Å². The SMILES string of the molecule is CC=C1C2CC3c4c(c5ccccc5n4C(C2)OC1O)CCN3C. The largest absolute Gasteiger partial charge is 0.364 e. The molecule has 0 amide bonds. The van der Waals surface area contributed by atoms with Crippen molar-refractivity contribution in [3.63, 3.8) is 0 Å². The maximum atomic E-state index is 10.5. The van der Waals surface area contributed by atoms with Crippen LogP contribution in [0.25, 0.3) is 10.9 Å². The molecule has 1 N–H and O–H groups in total. The molecule has 1 aromatic heterocycles. The highest BCUT2D eigenvalue weighted by Gasteiger charge is 2.43. The van der Waals surface area contributed by atoms with Crippen LogP contribution in [0.5, 0.6) is 0 Å². The van der Waals surface area contributed by atoms with Gasteiger partial charge >= 0.3 is 0 Å². The minimum Gasteiger partial charge on any atom is -0.364 e. The van der Waals surface area contributed by atoms with E-state index < -0.39 is 6.29 Å². The highest BCUT2D eigenvalue weighted by Crippen LogP contribution is 2.50. The summed E-state index contributed by atoms with van der Waals surface area (Å²) in [7, 11) is 2.23. The average Bonchev–Trinajstić information content (AvgIpc) is 2.84. The maximum Gasteiger partial charge on any atom is 0.179 e. The Morgan fingerprint density at radius 2 is 2.08 bits per heavy atom. The highest BCUT2D eigenvalue weighted by molar-refractivity contribution is 5.86. The first kappa shape index (κ1) is 14.7. The number of aromatic nitrogens is 1. The van der Waals surface area contributed by atoms with Crippen LogP contribution in [0, 0.1) is 5.92 Å². The van der Waals surface area contributed by atoms with Crippen LogP contribution in [0.4, 0.5) is 0 Å². The van der Waals surface area contributed by atoms with E-state index in [9.17, 15) is 5.11 Å². The van der Waals surface area contributed by atoms with E-state index in [1.165, 1.54) is 22.2 Å². The Kier molecular flexibility index (Phi) is 3.18. The molecule has 1 aromatic carbocycles. The molecule has 4 nitrogen and oxygen atoms in total. The van der Waals surface area contributed by atoms with E-state index in [4.69, 9.17) is 4.74 Å². The maximum absolute atomic E-state index is 10.5. The lowest BCUT2D eigenvalue weighted by Gasteiger charge is -2.35. The first-order chi connectivity index (χ1) is 11.7. The van der Waals surface area contributed by atoms with Crippen molar-refractivity contribution in [3.8, 4) is 0 Å². The number of aliphatic hydroxyl groups excluding tert-OH is 1. The van der Waals surface area contributed by atoms with Gasteiger partial charge in [-0.1, -0.05) is 24.3 Å². The lowest BCUT2D eigenvalue weighted by atomic mass is 9.84. The van der Waals surface area contributed by atoms with Crippen molar-refractivity contribution in [3.05, 3.63) is 47.2 Å². The average molecular weight is 324 g/mol. The van der Waals surface area contributed by atoms with Crippen LogP contribution in [0.3, 0.4) is 0 Å². The Labute approximate surface area is 142 Å². The molecule has 126 valence electrons. The molecule has 2 aromatic rings. The van der Waals surface area contributed by atoms with Crippen LogP contribution >= 0.6 is 0 Å². The van der Waals surface area contributed by atoms with E-state index >= 15 is 0 Å². The third kappa shape index (κ3) is 1.85. The quantitative estimate of drug-likeness (QED) is 0.755. The van der Waals surface area contributed by atoms with Gasteiger partial charge in [-0.25, -0.2) is 0 Å². The number of hydrogen-bond donors (Lipinski definition) is 1. The summed E-state index contributed by atoms with van der Waals surface area (Å²) in [5, 5.41) is 11.9. The molecule has 24 heavy (non-hydrogen) atoms. The molecule has 4 unspecified atom stereocenters. The Morgan fingerprint density at radius 1 is 1.25 bits per heavy atom. The molecule has 0 aliphatic carbocycles. The number of nitrogens with zero attached hydrogens (tertiary/aromatic N) is 2. The summed E-state index contributed by atoms with van der Waals surface area (Å²) >= 11 is 0. The van der Waals surface area contributed by atoms with Gasteiger partial charge in [-0.3, -0.25) is 4.90 Å². The highest BCUT2D eigenvalue weighted by atomic mass is 16.6. The third-order valence-corrected chi connectivity index (χ3v) is 6.28. The lowest BCUT2D eigenvalue weighted by molar-refractivity contribution is -0.166. The fourth-order valence-corrected chi connectivity index (χ4v) is 5.14. The second kappa shape index (κ2) is 5.19. The molecule has 1 saturated heterocycles. The number of benzene rings is 1. The van der Waals surface area contributed by atoms with Crippen LogP contribution < -0.4 is 0 Å². The molecular weight excluding hydrogens is 300 g/mol. The summed E-state index contributed by atoms with van der Waals surface area (Å²) in [5.74, 6) is 0.390. The van der Waals surface area contributed by atoms with Gasteiger partial charge in [0.05, 0.1) is 11.6 Å². The zero-order valence-corrected chi connectivity index (χ0v) is 14.3. The van der Waals surface area contributed by atoms with Crippen molar-refractivity contribution in [2.75, 3.05) is 13.6 Å². The zero-order valence-electron chi connectivity index (χ0n) is 14.3. The van der Waals surface area contributed by atoms with E-state index in [0.717, 1.165) is 31.4 Å². The molecule has 4 heterocycles. The van der Waals surface area contributed by atoms with E-state index in [0.29, 0.717) is 12.0 Å². The first-order valence-electron chi connectivity index (χ1n) is 9.00. The van der Waals surface area contributed by atoms with Gasteiger partial charge in [0.2, 0.25) is 0 Å². The van der Waals surface area contributed by atoms with Crippen molar-refractivity contribution in [2.45, 2.75) is 44.7 Å². The van der Waals surface area contributed by atoms with Crippen molar-refractivity contribution >= 4 is 10.9 Å². The Morgan fingerprint density at radius 3 is 2.92 bits per heavy atom. The standard InChI is InChI=1S/C20H24N2O2/c1-3-13-12-10-17-19-15(8-9-21(17)2)14-6-4-5-7-16(14)22(19)18(11-12)24-20(13)23/h3-7,12,17-18,20,23H,8-11H2,1-2H3. The number of allylic oxidation sites excluding steroid dienone is 1. The molecule has 0 radical (unpaired) electrons. The second-order valence-electron chi connectivity index (χ2n) is 7.40. The predicted molar refractivity (Wildman–Crippen MR) is 93.6 cm³/mol. The first-order valence-corrected chi connectivity index (χ1v) is 9.00. The normalized spacial score (nSPS) is 34.4. The summed E-state index contributed by atoms with van der Waals surface area (Å²) in [5.41, 5.74) is 5.22. The number of hydrogen-bond acceptors (Lipinski definition) is 3. The minimum atomic E-state index is -0.777. The smallest absolute Gasteiger partial charge is 0.179 e. The third-order valence-electron chi connectivity index (χ3n) is 6.28. The van der Waals surface area contributed by atoms with E-state index in [2.05, 4.69) is 40.8 Å². The second-order valence-corrected chi connectivity index (χ2v) is 7.40. The van der Waals surface area contributed by atoms with Crippen LogP contribution in [-0.4, -0.2) is 34.5 Å². The van der Waals surface area contributed by atoms with Crippen LogP contribution in [0.15, 0.2) is 35.9 Å². The van der Waals surface area contributed by atoms with Crippen LogP contribution in [0.1, 0.15) is 43.3 Å². The van der Waals surface area contributed by atoms with Crippen molar-refractivity contribution in [1.29, 1.82) is 0 Å². The number of fused-ring (bicyclic) bond motifs is 6. The van der Waals surface area contributed by atoms with Gasteiger partial charge in [0, 0.05) is 17.6 Å². The van der Waals surface area contributed by atoms with Crippen LogP contribution in [0.2, 0.25) is 0 Å². The summed E-state index contributed by atoms with van der Waals surface area (Å²) in [6.45, 7) is 3.11. The molecule has 0 saturated carbocycles. The fourth-order valence-electron chi connectivity index (χ4n) is 5.14. The Balaban J connectivity index is 1.78. The number of aliphatic hydroxyl groups is 1. The van der Waals surface area contributed by atoms with Gasteiger partial charge in [0.1, 0.15) is 6.23 Å². The minimum absolute atomic E-state index is 0.0705. The monoisotopic (exact) mass is 324 g/mol. The number of para-hydroxylation sites is 1. The Bertz CT molecular complexity index is 838. The summed E-state index contributed by atoms with van der Waals surface area (Å²) < 4.78 is 8.46. The van der Waals surface area contributed by atoms with Gasteiger partial charge in [-0.2, -0.15) is 0 Å². The van der Waals surface area contributed by atoms with Gasteiger partial charge < -0.3 is 14.4 Å². The molecule has 1 fully saturated rings. The van der Waals surface area contributed by atoms with Crippen molar-refractivity contribution in [2.24, 2.45) is 5.92 Å². The fraction of sp³-hybridized carbons (Fsp3) is 0.500. The zero-order chi connectivity index (χ0) is 16.4. The summed E-state index contributed by atoms with van der Waals surface area (Å²) in [6.07, 6.45) is 4.31. The van der Waals surface area contributed by atoms with Gasteiger partial charge in [0.25, 0.3) is 0 Å². The summed E-state index contributed by atoms with van der Waals surface area (Å²) in [4.78, 5) is 2.48. The molecule has 3 aliphatic rings. The van der Waals surface area contributed by atoms with Gasteiger partial charge in [-0.05, 0) is 56.4 Å². The molecule has 5 rings (SSSR count). The number of likely N-dealkylation sites (N-methyl/N-ethyl adjacent to an activating group) is 1. The van der Waals surface area contributed by atoms with E-state index in [-0.39, 0.29) is 6.23 Å². The Hall–Kier alpha value is -1.62. The topological polar surface area (TPSA) is 37.6 Å². The number of ether oxygens (including phenoxy) is 1. The molecule has 4 atom stereocenters. The molecule has 0 spiro atoms. The molecule has 3 aliphatic heterocycles. The predicted octanol–water partition coefficient (Wildman–Crippen LogP) is 3.37. The van der Waals surface area contributed by atoms with Crippen LogP contribution in [-0.2, 0) is 11.2 Å².